The molecule has 3 nitrogen and oxygen atoms in total. The lowest BCUT2D eigenvalue weighted by molar-refractivity contribution is 0.00719. The molecule has 0 atom stereocenters. The monoisotopic (exact) mass is 224 g/mol. The van der Waals surface area contributed by atoms with Gasteiger partial charge in [-0.2, -0.15) is 0 Å². The molecule has 0 aromatic heterocycles. The third kappa shape index (κ3) is 5.50. The number of terminal acetylenes is 1. The highest BCUT2D eigenvalue weighted by Crippen LogP contribution is 2.14. The van der Waals surface area contributed by atoms with Crippen LogP contribution in [0.25, 0.3) is 0 Å². The van der Waals surface area contributed by atoms with Gasteiger partial charge in [-0.1, -0.05) is 0 Å². The molecule has 3 heteroatoms. The summed E-state index contributed by atoms with van der Waals surface area (Å²) in [6.45, 7) is 4.98. The van der Waals surface area contributed by atoms with Gasteiger partial charge in [0.25, 0.3) is 0 Å². The van der Waals surface area contributed by atoms with Crippen molar-refractivity contribution in [3.05, 3.63) is 0 Å². The molecule has 1 aliphatic heterocycles. The predicted molar refractivity (Wildman–Crippen MR) is 67.2 cm³/mol. The van der Waals surface area contributed by atoms with Gasteiger partial charge in [-0.3, -0.25) is 0 Å². The zero-order valence-corrected chi connectivity index (χ0v) is 10.2. The maximum atomic E-state index is 5.76. The highest BCUT2D eigenvalue weighted by molar-refractivity contribution is 4.84. The van der Waals surface area contributed by atoms with Crippen LogP contribution < -0.4 is 5.73 Å². The standard InChI is InChI=1S/C13H24N2O/c1-2-3-4-9-15-10-6-13(7-11-15)16-12-5-8-14/h1,13H,3-12,14H2. The molecule has 1 saturated heterocycles. The van der Waals surface area contributed by atoms with E-state index in [1.807, 2.05) is 0 Å². The lowest BCUT2D eigenvalue weighted by atomic mass is 10.1. The molecule has 92 valence electrons. The van der Waals surface area contributed by atoms with Crippen LogP contribution in [0.15, 0.2) is 0 Å². The SMILES string of the molecule is C#CCCCN1CCC(OCCCN)CC1. The molecule has 0 unspecified atom stereocenters. The van der Waals surface area contributed by atoms with Gasteiger partial charge in [-0.25, -0.2) is 0 Å². The Kier molecular flexibility index (Phi) is 7.24. The lowest BCUT2D eigenvalue weighted by Crippen LogP contribution is -2.37. The topological polar surface area (TPSA) is 38.5 Å². The number of unbranched alkanes of at least 4 members (excludes halogenated alkanes) is 1. The molecule has 0 saturated carbocycles. The normalized spacial score (nSPS) is 18.5. The van der Waals surface area contributed by atoms with E-state index in [0.717, 1.165) is 64.9 Å². The van der Waals surface area contributed by atoms with Gasteiger partial charge in [0.2, 0.25) is 0 Å². The van der Waals surface area contributed by atoms with Gasteiger partial charge in [0.15, 0.2) is 0 Å². The van der Waals surface area contributed by atoms with E-state index >= 15 is 0 Å². The van der Waals surface area contributed by atoms with Crippen LogP contribution in [0.4, 0.5) is 0 Å². The van der Waals surface area contributed by atoms with E-state index < -0.39 is 0 Å². The molecule has 1 aliphatic rings. The first-order chi connectivity index (χ1) is 7.86. The average molecular weight is 224 g/mol. The second kappa shape index (κ2) is 8.58. The zero-order chi connectivity index (χ0) is 11.6. The van der Waals surface area contributed by atoms with E-state index in [0.29, 0.717) is 6.10 Å². The van der Waals surface area contributed by atoms with Gasteiger partial charge in [-0.05, 0) is 38.8 Å². The maximum absolute atomic E-state index is 5.76. The number of rotatable bonds is 7. The Morgan fingerprint density at radius 3 is 2.69 bits per heavy atom. The van der Waals surface area contributed by atoms with Gasteiger partial charge in [-0.15, -0.1) is 12.3 Å². The quantitative estimate of drug-likeness (QED) is 0.522. The summed E-state index contributed by atoms with van der Waals surface area (Å²) in [4.78, 5) is 2.49. The van der Waals surface area contributed by atoms with Crippen molar-refractivity contribution in [3.63, 3.8) is 0 Å². The van der Waals surface area contributed by atoms with E-state index in [9.17, 15) is 0 Å². The Morgan fingerprint density at radius 1 is 1.31 bits per heavy atom. The minimum Gasteiger partial charge on any atom is -0.378 e. The van der Waals surface area contributed by atoms with Crippen molar-refractivity contribution in [2.75, 3.05) is 32.8 Å². The highest BCUT2D eigenvalue weighted by Gasteiger charge is 2.18. The second-order valence-corrected chi connectivity index (χ2v) is 4.36. The van der Waals surface area contributed by atoms with Crippen molar-refractivity contribution in [3.8, 4) is 12.3 Å². The fourth-order valence-electron chi connectivity index (χ4n) is 2.04. The average Bonchev–Trinajstić information content (AvgIpc) is 2.32. The van der Waals surface area contributed by atoms with Crippen LogP contribution in [0.5, 0.6) is 0 Å². The third-order valence-corrected chi connectivity index (χ3v) is 3.03. The van der Waals surface area contributed by atoms with Crippen molar-refractivity contribution in [2.45, 2.75) is 38.2 Å². The van der Waals surface area contributed by atoms with Gasteiger partial charge in [0.05, 0.1) is 6.10 Å². The summed E-state index contributed by atoms with van der Waals surface area (Å²) in [6.07, 6.45) is 11.0. The Balaban J connectivity index is 2.02. The van der Waals surface area contributed by atoms with E-state index in [1.165, 1.54) is 0 Å². The molecule has 0 spiro atoms. The first-order valence-electron chi connectivity index (χ1n) is 6.34. The fourth-order valence-corrected chi connectivity index (χ4v) is 2.04. The Hall–Kier alpha value is -0.560. The van der Waals surface area contributed by atoms with Crippen LogP contribution in [0.1, 0.15) is 32.1 Å². The van der Waals surface area contributed by atoms with Gasteiger partial charge >= 0.3 is 0 Å². The van der Waals surface area contributed by atoms with Crippen molar-refractivity contribution < 1.29 is 4.74 Å². The molecular formula is C13H24N2O. The summed E-state index contributed by atoms with van der Waals surface area (Å²) in [7, 11) is 0. The molecular weight excluding hydrogens is 200 g/mol. The number of nitrogens with two attached hydrogens (primary N) is 1. The van der Waals surface area contributed by atoms with Crippen LogP contribution in [-0.4, -0.2) is 43.8 Å². The Labute approximate surface area is 99.3 Å². The Bertz CT molecular complexity index is 204. The summed E-state index contributed by atoms with van der Waals surface area (Å²) in [5, 5.41) is 0. The van der Waals surface area contributed by atoms with Crippen LogP contribution in [0, 0.1) is 12.3 Å². The molecule has 0 aromatic rings. The van der Waals surface area contributed by atoms with Crippen LogP contribution in [0.3, 0.4) is 0 Å². The van der Waals surface area contributed by atoms with Crippen LogP contribution in [-0.2, 0) is 4.74 Å². The summed E-state index contributed by atoms with van der Waals surface area (Å²) < 4.78 is 5.76. The minimum atomic E-state index is 0.454. The first kappa shape index (κ1) is 13.5. The summed E-state index contributed by atoms with van der Waals surface area (Å²) >= 11 is 0. The van der Waals surface area contributed by atoms with Crippen molar-refractivity contribution in [1.82, 2.24) is 4.90 Å². The molecule has 1 rings (SSSR count). The zero-order valence-electron chi connectivity index (χ0n) is 10.2. The molecule has 1 heterocycles. The molecule has 0 aliphatic carbocycles. The first-order valence-corrected chi connectivity index (χ1v) is 6.34. The molecule has 0 bridgehead atoms. The number of likely N-dealkylation sites (tertiary alicyclic amines) is 1. The minimum absolute atomic E-state index is 0.454. The molecule has 16 heavy (non-hydrogen) atoms. The van der Waals surface area contributed by atoms with E-state index in [1.54, 1.807) is 0 Å². The molecule has 2 N–H and O–H groups in total. The molecule has 0 amide bonds. The van der Waals surface area contributed by atoms with Crippen molar-refractivity contribution in [2.24, 2.45) is 5.73 Å². The Morgan fingerprint density at radius 2 is 2.06 bits per heavy atom. The third-order valence-electron chi connectivity index (χ3n) is 3.03. The number of hydrogen-bond acceptors (Lipinski definition) is 3. The van der Waals surface area contributed by atoms with Crippen LogP contribution in [0.2, 0.25) is 0 Å². The second-order valence-electron chi connectivity index (χ2n) is 4.36. The van der Waals surface area contributed by atoms with E-state index in [2.05, 4.69) is 10.8 Å². The highest BCUT2D eigenvalue weighted by atomic mass is 16.5. The smallest absolute Gasteiger partial charge is 0.0599 e. The summed E-state index contributed by atoms with van der Waals surface area (Å²) in [5.74, 6) is 2.69. The van der Waals surface area contributed by atoms with E-state index in [4.69, 9.17) is 16.9 Å². The number of nitrogens with zero attached hydrogens (tertiary/aromatic N) is 1. The maximum Gasteiger partial charge on any atom is 0.0599 e. The number of hydrogen-bond donors (Lipinski definition) is 1. The van der Waals surface area contributed by atoms with E-state index in [-0.39, 0.29) is 0 Å². The summed E-state index contributed by atoms with van der Waals surface area (Å²) in [5.41, 5.74) is 5.43. The molecule has 1 fully saturated rings. The van der Waals surface area contributed by atoms with Crippen molar-refractivity contribution >= 4 is 0 Å². The molecule has 0 aromatic carbocycles. The lowest BCUT2D eigenvalue weighted by Gasteiger charge is -2.31. The predicted octanol–water partition coefficient (Wildman–Crippen LogP) is 1.23. The summed E-state index contributed by atoms with van der Waals surface area (Å²) in [6, 6.07) is 0. The fraction of sp³-hybridized carbons (Fsp3) is 0.846. The molecule has 0 radical (unpaired) electrons. The van der Waals surface area contributed by atoms with Crippen molar-refractivity contribution in [1.29, 1.82) is 0 Å². The largest absolute Gasteiger partial charge is 0.378 e. The van der Waals surface area contributed by atoms with Gasteiger partial charge in [0.1, 0.15) is 0 Å². The number of ether oxygens (including phenoxy) is 1. The van der Waals surface area contributed by atoms with Gasteiger partial charge in [0, 0.05) is 26.1 Å². The number of piperidine rings is 1. The van der Waals surface area contributed by atoms with Gasteiger partial charge < -0.3 is 15.4 Å². The van der Waals surface area contributed by atoms with Crippen LogP contribution >= 0.6 is 0 Å².